The smallest absolute Gasteiger partial charge is 0.123 e. The van der Waals surface area contributed by atoms with Crippen molar-refractivity contribution in [1.82, 2.24) is 0 Å². The van der Waals surface area contributed by atoms with E-state index in [0.717, 1.165) is 18.4 Å². The average Bonchev–Trinajstić information content (AvgIpc) is 2.14. The van der Waals surface area contributed by atoms with Crippen LogP contribution in [0.25, 0.3) is 0 Å². The van der Waals surface area contributed by atoms with Crippen molar-refractivity contribution in [3.8, 4) is 0 Å². The molecule has 0 spiro atoms. The Balaban J connectivity index is 2.09. The first-order valence-corrected chi connectivity index (χ1v) is 5.17. The van der Waals surface area contributed by atoms with E-state index in [2.05, 4.69) is 0 Å². The zero-order chi connectivity index (χ0) is 10.1. The van der Waals surface area contributed by atoms with Crippen molar-refractivity contribution in [2.75, 3.05) is 0 Å². The van der Waals surface area contributed by atoms with Crippen molar-refractivity contribution >= 4 is 0 Å². The molecule has 0 heterocycles. The Kier molecular flexibility index (Phi) is 2.55. The average molecular weight is 193 g/mol. The fraction of sp³-hybridized carbons (Fsp3) is 0.500. The third-order valence-corrected chi connectivity index (χ3v) is 3.26. The van der Waals surface area contributed by atoms with Crippen LogP contribution in [-0.4, -0.2) is 6.04 Å². The lowest BCUT2D eigenvalue weighted by Crippen LogP contribution is -2.40. The summed E-state index contributed by atoms with van der Waals surface area (Å²) in [5.41, 5.74) is 8.16. The van der Waals surface area contributed by atoms with Crippen molar-refractivity contribution in [2.24, 2.45) is 11.7 Å². The first-order valence-electron chi connectivity index (χ1n) is 5.17. The minimum absolute atomic E-state index is 0.149. The van der Waals surface area contributed by atoms with Gasteiger partial charge in [-0.3, -0.25) is 0 Å². The van der Waals surface area contributed by atoms with Gasteiger partial charge in [0.05, 0.1) is 0 Å². The molecule has 2 heteroatoms. The molecule has 1 saturated carbocycles. The van der Waals surface area contributed by atoms with Crippen molar-refractivity contribution in [3.05, 3.63) is 35.1 Å². The van der Waals surface area contributed by atoms with E-state index in [9.17, 15) is 4.39 Å². The number of nitrogens with two attached hydrogens (primary N) is 1. The van der Waals surface area contributed by atoms with E-state index in [-0.39, 0.29) is 5.82 Å². The fourth-order valence-electron chi connectivity index (χ4n) is 2.02. The van der Waals surface area contributed by atoms with Crippen LogP contribution in [0.2, 0.25) is 0 Å². The molecule has 1 aromatic carbocycles. The van der Waals surface area contributed by atoms with Crippen molar-refractivity contribution in [1.29, 1.82) is 0 Å². The fourth-order valence-corrected chi connectivity index (χ4v) is 2.02. The topological polar surface area (TPSA) is 26.0 Å². The van der Waals surface area contributed by atoms with E-state index in [0.29, 0.717) is 12.0 Å². The van der Waals surface area contributed by atoms with Crippen molar-refractivity contribution in [2.45, 2.75) is 32.2 Å². The summed E-state index contributed by atoms with van der Waals surface area (Å²) < 4.78 is 12.8. The quantitative estimate of drug-likeness (QED) is 0.767. The summed E-state index contributed by atoms with van der Waals surface area (Å²) >= 11 is 0. The van der Waals surface area contributed by atoms with E-state index in [1.165, 1.54) is 18.1 Å². The molecular weight excluding hydrogens is 177 g/mol. The van der Waals surface area contributed by atoms with Gasteiger partial charge in [-0.15, -0.1) is 0 Å². The Hall–Kier alpha value is -0.890. The molecule has 1 fully saturated rings. The minimum Gasteiger partial charge on any atom is -0.327 e. The highest BCUT2D eigenvalue weighted by atomic mass is 19.1. The molecule has 0 bridgehead atoms. The van der Waals surface area contributed by atoms with Gasteiger partial charge in [0.25, 0.3) is 0 Å². The molecule has 2 rings (SSSR count). The van der Waals surface area contributed by atoms with Crippen LogP contribution in [0.4, 0.5) is 4.39 Å². The number of aryl methyl sites for hydroxylation is 1. The molecule has 0 saturated heterocycles. The maximum absolute atomic E-state index is 12.8. The Morgan fingerprint density at radius 2 is 2.21 bits per heavy atom. The third kappa shape index (κ3) is 1.80. The second-order valence-corrected chi connectivity index (χ2v) is 4.28. The Labute approximate surface area is 84.1 Å². The molecule has 1 aliphatic rings. The molecule has 2 atom stereocenters. The van der Waals surface area contributed by atoms with E-state index in [1.54, 1.807) is 6.07 Å². The maximum Gasteiger partial charge on any atom is 0.123 e. The zero-order valence-corrected chi connectivity index (χ0v) is 8.46. The maximum atomic E-state index is 12.8. The largest absolute Gasteiger partial charge is 0.327 e. The molecule has 0 radical (unpaired) electrons. The summed E-state index contributed by atoms with van der Waals surface area (Å²) in [6.07, 6.45) is 3.37. The summed E-state index contributed by atoms with van der Waals surface area (Å²) in [5.74, 6) is 0.461. The summed E-state index contributed by atoms with van der Waals surface area (Å²) in [6.45, 7) is 1.96. The molecule has 2 N–H and O–H groups in total. The van der Waals surface area contributed by atoms with Crippen LogP contribution < -0.4 is 5.73 Å². The van der Waals surface area contributed by atoms with Crippen LogP contribution in [0.15, 0.2) is 18.2 Å². The highest BCUT2D eigenvalue weighted by Crippen LogP contribution is 2.29. The van der Waals surface area contributed by atoms with Gasteiger partial charge < -0.3 is 5.73 Å². The minimum atomic E-state index is -0.149. The van der Waals surface area contributed by atoms with Crippen molar-refractivity contribution < 1.29 is 4.39 Å². The van der Waals surface area contributed by atoms with Crippen LogP contribution in [0.1, 0.15) is 24.0 Å². The number of rotatable bonds is 2. The van der Waals surface area contributed by atoms with Crippen LogP contribution in [0.3, 0.4) is 0 Å². The molecule has 1 nitrogen and oxygen atoms in total. The van der Waals surface area contributed by atoms with Crippen LogP contribution in [-0.2, 0) is 6.42 Å². The third-order valence-electron chi connectivity index (χ3n) is 3.26. The second-order valence-electron chi connectivity index (χ2n) is 4.28. The standard InChI is InChI=1S/C12H16FN/c1-8-6-11(13)4-2-9(8)7-10-3-5-12(10)14/h2,4,6,10,12H,3,5,7,14H2,1H3. The van der Waals surface area contributed by atoms with E-state index in [4.69, 9.17) is 5.73 Å². The predicted octanol–water partition coefficient (Wildman–Crippen LogP) is 2.41. The monoisotopic (exact) mass is 193 g/mol. The second kappa shape index (κ2) is 3.70. The predicted molar refractivity (Wildman–Crippen MR) is 55.5 cm³/mol. The van der Waals surface area contributed by atoms with Gasteiger partial charge >= 0.3 is 0 Å². The first kappa shape index (κ1) is 9.66. The van der Waals surface area contributed by atoms with Crippen LogP contribution in [0, 0.1) is 18.7 Å². The van der Waals surface area contributed by atoms with Crippen LogP contribution >= 0.6 is 0 Å². The summed E-state index contributed by atoms with van der Waals surface area (Å²) in [5, 5.41) is 0. The Morgan fingerprint density at radius 3 is 2.71 bits per heavy atom. The summed E-state index contributed by atoms with van der Waals surface area (Å²) in [4.78, 5) is 0. The SMILES string of the molecule is Cc1cc(F)ccc1CC1CCC1N. The molecular formula is C12H16FN. The molecule has 2 unspecified atom stereocenters. The molecule has 1 aliphatic carbocycles. The van der Waals surface area contributed by atoms with Crippen LogP contribution in [0.5, 0.6) is 0 Å². The number of benzene rings is 1. The van der Waals surface area contributed by atoms with Gasteiger partial charge in [0.2, 0.25) is 0 Å². The number of halogens is 1. The summed E-state index contributed by atoms with van der Waals surface area (Å²) in [6, 6.07) is 5.38. The molecule has 76 valence electrons. The molecule has 1 aromatic rings. The number of hydrogen-bond acceptors (Lipinski definition) is 1. The van der Waals surface area contributed by atoms with Gasteiger partial charge in [0.1, 0.15) is 5.82 Å². The molecule has 0 aromatic heterocycles. The molecule has 14 heavy (non-hydrogen) atoms. The van der Waals surface area contributed by atoms with E-state index in [1.807, 2.05) is 13.0 Å². The lowest BCUT2D eigenvalue weighted by atomic mass is 9.76. The summed E-state index contributed by atoms with van der Waals surface area (Å²) in [7, 11) is 0. The highest BCUT2D eigenvalue weighted by Gasteiger charge is 2.27. The van der Waals surface area contributed by atoms with Gasteiger partial charge in [-0.2, -0.15) is 0 Å². The number of hydrogen-bond donors (Lipinski definition) is 1. The molecule has 0 aliphatic heterocycles. The Bertz CT molecular complexity index is 335. The molecule has 0 amide bonds. The lowest BCUT2D eigenvalue weighted by Gasteiger charge is -2.34. The highest BCUT2D eigenvalue weighted by molar-refractivity contribution is 5.27. The zero-order valence-electron chi connectivity index (χ0n) is 8.46. The van der Waals surface area contributed by atoms with Gasteiger partial charge in [-0.25, -0.2) is 4.39 Å². The normalized spacial score (nSPS) is 25.9. The van der Waals surface area contributed by atoms with Gasteiger partial charge in [-0.05, 0) is 55.4 Å². The van der Waals surface area contributed by atoms with E-state index >= 15 is 0 Å². The lowest BCUT2D eigenvalue weighted by molar-refractivity contribution is 0.255. The van der Waals surface area contributed by atoms with Gasteiger partial charge in [0, 0.05) is 6.04 Å². The van der Waals surface area contributed by atoms with E-state index < -0.39 is 0 Å². The Morgan fingerprint density at radius 1 is 1.43 bits per heavy atom. The van der Waals surface area contributed by atoms with Gasteiger partial charge in [0.15, 0.2) is 0 Å². The first-order chi connectivity index (χ1) is 6.66. The van der Waals surface area contributed by atoms with Gasteiger partial charge in [-0.1, -0.05) is 6.07 Å². The van der Waals surface area contributed by atoms with Crippen molar-refractivity contribution in [3.63, 3.8) is 0 Å².